The Morgan fingerprint density at radius 1 is 0.796 bits per heavy atom. The number of methoxy groups -OCH3 is 3. The molecule has 0 aliphatic rings. The highest BCUT2D eigenvalue weighted by Crippen LogP contribution is 2.36. The predicted molar refractivity (Wildman–Crippen MR) is 191 cm³/mol. The van der Waals surface area contributed by atoms with Gasteiger partial charge in [-0.1, -0.05) is 73.5 Å². The van der Waals surface area contributed by atoms with E-state index in [-0.39, 0.29) is 35.2 Å². The Labute approximate surface area is 289 Å². The van der Waals surface area contributed by atoms with Gasteiger partial charge in [-0.15, -0.1) is 0 Å². The van der Waals surface area contributed by atoms with Crippen LogP contribution in [0.1, 0.15) is 36.5 Å². The third kappa shape index (κ3) is 9.54. The molecule has 49 heavy (non-hydrogen) atoms. The number of carbonyl (C=O) groups is 2. The molecule has 10 nitrogen and oxygen atoms in total. The smallest absolute Gasteiger partial charge is 0.264 e. The van der Waals surface area contributed by atoms with Crippen molar-refractivity contribution >= 4 is 27.5 Å². The van der Waals surface area contributed by atoms with Crippen molar-refractivity contribution in [1.29, 1.82) is 0 Å². The fourth-order valence-electron chi connectivity index (χ4n) is 5.37. The van der Waals surface area contributed by atoms with Gasteiger partial charge in [0.2, 0.25) is 11.8 Å². The molecule has 0 bridgehead atoms. The fourth-order valence-corrected chi connectivity index (χ4v) is 6.79. The number of nitrogens with zero attached hydrogens (tertiary/aromatic N) is 2. The van der Waals surface area contributed by atoms with E-state index in [0.29, 0.717) is 23.6 Å². The Bertz CT molecular complexity index is 1800. The van der Waals surface area contributed by atoms with E-state index in [1.807, 2.05) is 50.2 Å². The molecule has 0 heterocycles. The summed E-state index contributed by atoms with van der Waals surface area (Å²) in [6.45, 7) is 3.72. The maximum absolute atomic E-state index is 14.8. The van der Waals surface area contributed by atoms with Gasteiger partial charge in [-0.05, 0) is 60.9 Å². The van der Waals surface area contributed by atoms with Crippen LogP contribution in [-0.4, -0.2) is 65.6 Å². The molecule has 1 atom stereocenters. The lowest BCUT2D eigenvalue weighted by Gasteiger charge is -2.34. The molecule has 0 aliphatic heterocycles. The van der Waals surface area contributed by atoms with Gasteiger partial charge >= 0.3 is 0 Å². The van der Waals surface area contributed by atoms with Crippen molar-refractivity contribution < 1.29 is 32.2 Å². The summed E-state index contributed by atoms with van der Waals surface area (Å²) in [5, 5.41) is 3.00. The van der Waals surface area contributed by atoms with Crippen molar-refractivity contribution in [2.24, 2.45) is 0 Å². The number of carbonyl (C=O) groups excluding carboxylic acids is 2. The standard InChI is InChI=1S/C38H45N3O7S/c1-6-7-22-39-38(43)35(24-29-12-9-8-10-13-29)40(26-30-14-11-15-31(23-30)46-3)37(42)27-41(34-25-32(47-4)18-21-36(34)48-5)49(44,45)33-19-16-28(2)17-20-33/h8-21,23,25,35H,6-7,22,24,26-27H2,1-5H3,(H,39,43)/t35-/m1/s1. The lowest BCUT2D eigenvalue weighted by atomic mass is 10.0. The molecule has 4 aromatic carbocycles. The number of amides is 2. The van der Waals surface area contributed by atoms with Crippen LogP contribution in [0.3, 0.4) is 0 Å². The minimum atomic E-state index is -4.33. The van der Waals surface area contributed by atoms with Gasteiger partial charge in [0.25, 0.3) is 10.0 Å². The molecule has 0 saturated carbocycles. The van der Waals surface area contributed by atoms with Gasteiger partial charge < -0.3 is 24.4 Å². The largest absolute Gasteiger partial charge is 0.497 e. The van der Waals surface area contributed by atoms with Crippen LogP contribution in [0.2, 0.25) is 0 Å². The first-order chi connectivity index (χ1) is 23.6. The number of anilines is 1. The minimum absolute atomic E-state index is 0.00624. The average molecular weight is 688 g/mol. The lowest BCUT2D eigenvalue weighted by Crippen LogP contribution is -2.53. The molecule has 4 rings (SSSR count). The maximum atomic E-state index is 14.8. The summed E-state index contributed by atoms with van der Waals surface area (Å²) in [4.78, 5) is 30.2. The van der Waals surface area contributed by atoms with Crippen molar-refractivity contribution in [3.8, 4) is 17.2 Å². The normalized spacial score (nSPS) is 11.7. The molecule has 260 valence electrons. The highest BCUT2D eigenvalue weighted by Gasteiger charge is 2.35. The van der Waals surface area contributed by atoms with E-state index in [1.54, 1.807) is 49.6 Å². The molecule has 2 amide bonds. The fraction of sp³-hybridized carbons (Fsp3) is 0.316. The van der Waals surface area contributed by atoms with Crippen LogP contribution in [-0.2, 0) is 32.6 Å². The first-order valence-electron chi connectivity index (χ1n) is 16.2. The molecule has 11 heteroatoms. The van der Waals surface area contributed by atoms with Crippen molar-refractivity contribution in [1.82, 2.24) is 10.2 Å². The van der Waals surface area contributed by atoms with Crippen LogP contribution in [0.5, 0.6) is 17.2 Å². The van der Waals surface area contributed by atoms with Crippen molar-refractivity contribution in [3.05, 3.63) is 114 Å². The van der Waals surface area contributed by atoms with Crippen molar-refractivity contribution in [3.63, 3.8) is 0 Å². The van der Waals surface area contributed by atoms with Crippen LogP contribution in [0.25, 0.3) is 0 Å². The van der Waals surface area contributed by atoms with Gasteiger partial charge in [0, 0.05) is 25.6 Å². The first-order valence-corrected chi connectivity index (χ1v) is 17.6. The summed E-state index contributed by atoms with van der Waals surface area (Å²) in [6, 6.07) is 26.8. The Hall–Kier alpha value is -5.03. The van der Waals surface area contributed by atoms with E-state index in [1.165, 1.54) is 37.3 Å². The summed E-state index contributed by atoms with van der Waals surface area (Å²) in [7, 11) is 0.114. The summed E-state index contributed by atoms with van der Waals surface area (Å²) in [5.74, 6) is 0.261. The SMILES string of the molecule is CCCCNC(=O)[C@@H](Cc1ccccc1)N(Cc1cccc(OC)c1)C(=O)CN(c1cc(OC)ccc1OC)S(=O)(=O)c1ccc(C)cc1. The van der Waals surface area contributed by atoms with E-state index in [0.717, 1.165) is 28.3 Å². The number of aryl methyl sites for hydroxylation is 1. The molecular formula is C38H45N3O7S. The molecule has 4 aromatic rings. The third-order valence-corrected chi connectivity index (χ3v) is 9.90. The zero-order valence-electron chi connectivity index (χ0n) is 28.7. The van der Waals surface area contributed by atoms with Gasteiger partial charge in [0.1, 0.15) is 29.8 Å². The number of unbranched alkanes of at least 4 members (excludes halogenated alkanes) is 1. The second-order valence-electron chi connectivity index (χ2n) is 11.6. The Morgan fingerprint density at radius 2 is 1.47 bits per heavy atom. The zero-order valence-corrected chi connectivity index (χ0v) is 29.5. The molecular weight excluding hydrogens is 642 g/mol. The average Bonchev–Trinajstić information content (AvgIpc) is 3.12. The molecule has 0 fully saturated rings. The van der Waals surface area contributed by atoms with E-state index in [4.69, 9.17) is 14.2 Å². The Balaban J connectivity index is 1.86. The third-order valence-electron chi connectivity index (χ3n) is 8.13. The monoisotopic (exact) mass is 687 g/mol. The second kappa shape index (κ2) is 17.4. The quantitative estimate of drug-likeness (QED) is 0.140. The topological polar surface area (TPSA) is 114 Å². The van der Waals surface area contributed by atoms with E-state index < -0.39 is 28.5 Å². The van der Waals surface area contributed by atoms with E-state index >= 15 is 0 Å². The number of rotatable bonds is 17. The highest BCUT2D eigenvalue weighted by atomic mass is 32.2. The van der Waals surface area contributed by atoms with Gasteiger partial charge in [-0.2, -0.15) is 0 Å². The van der Waals surface area contributed by atoms with Crippen LogP contribution < -0.4 is 23.8 Å². The number of nitrogens with one attached hydrogen (secondary N) is 1. The molecule has 0 unspecified atom stereocenters. The van der Waals surface area contributed by atoms with Crippen molar-refractivity contribution in [2.75, 3.05) is 38.7 Å². The number of ether oxygens (including phenoxy) is 3. The first kappa shape index (κ1) is 36.8. The molecule has 1 N–H and O–H groups in total. The van der Waals surface area contributed by atoms with Gasteiger partial charge in [0.15, 0.2) is 0 Å². The van der Waals surface area contributed by atoms with Crippen LogP contribution in [0.15, 0.2) is 102 Å². The Kier molecular flexibility index (Phi) is 13.1. The number of hydrogen-bond donors (Lipinski definition) is 1. The van der Waals surface area contributed by atoms with Crippen molar-refractivity contribution in [2.45, 2.75) is 50.6 Å². The van der Waals surface area contributed by atoms with Crippen LogP contribution in [0, 0.1) is 6.92 Å². The zero-order chi connectivity index (χ0) is 35.4. The summed E-state index contributed by atoms with van der Waals surface area (Å²) in [6.07, 6.45) is 1.86. The summed E-state index contributed by atoms with van der Waals surface area (Å²) < 4.78 is 46.4. The predicted octanol–water partition coefficient (Wildman–Crippen LogP) is 5.77. The Morgan fingerprint density at radius 3 is 2.12 bits per heavy atom. The number of benzene rings is 4. The summed E-state index contributed by atoms with van der Waals surface area (Å²) >= 11 is 0. The molecule has 0 aromatic heterocycles. The summed E-state index contributed by atoms with van der Waals surface area (Å²) in [5.41, 5.74) is 2.55. The van der Waals surface area contributed by atoms with Gasteiger partial charge in [0.05, 0.1) is 31.9 Å². The molecule has 0 saturated heterocycles. The van der Waals surface area contributed by atoms with Gasteiger partial charge in [-0.3, -0.25) is 13.9 Å². The van der Waals surface area contributed by atoms with Crippen LogP contribution in [0.4, 0.5) is 5.69 Å². The minimum Gasteiger partial charge on any atom is -0.497 e. The molecule has 0 radical (unpaired) electrons. The second-order valence-corrected chi connectivity index (χ2v) is 13.4. The van der Waals surface area contributed by atoms with Gasteiger partial charge in [-0.25, -0.2) is 8.42 Å². The van der Waals surface area contributed by atoms with Crippen LogP contribution >= 0.6 is 0 Å². The molecule has 0 spiro atoms. The van der Waals surface area contributed by atoms with E-state index in [9.17, 15) is 18.0 Å². The number of sulfonamides is 1. The van der Waals surface area contributed by atoms with E-state index in [2.05, 4.69) is 5.32 Å². The number of hydrogen-bond acceptors (Lipinski definition) is 7. The lowest BCUT2D eigenvalue weighted by molar-refractivity contribution is -0.140. The highest BCUT2D eigenvalue weighted by molar-refractivity contribution is 7.92. The maximum Gasteiger partial charge on any atom is 0.264 e. The molecule has 0 aliphatic carbocycles.